The van der Waals surface area contributed by atoms with Crippen LogP contribution in [0.25, 0.3) is 32.2 Å². The Morgan fingerprint density at radius 3 is 2.55 bits per heavy atom. The highest BCUT2D eigenvalue weighted by atomic mass is 35.5. The number of pyridine rings is 1. The molecule has 3 aromatic heterocycles. The van der Waals surface area contributed by atoms with Gasteiger partial charge in [-0.15, -0.1) is 11.3 Å². The van der Waals surface area contributed by atoms with Crippen molar-refractivity contribution in [3.8, 4) is 22.9 Å². The van der Waals surface area contributed by atoms with Crippen LogP contribution >= 0.6 is 22.9 Å². The van der Waals surface area contributed by atoms with Gasteiger partial charge in [0.1, 0.15) is 24.3 Å². The second-order valence-corrected chi connectivity index (χ2v) is 16.0. The minimum atomic E-state index is -4.79. The van der Waals surface area contributed by atoms with Gasteiger partial charge in [0.05, 0.1) is 56.3 Å². The second-order valence-electron chi connectivity index (χ2n) is 12.9. The van der Waals surface area contributed by atoms with Gasteiger partial charge in [0.15, 0.2) is 0 Å². The molecular formula is C35H31ClF3N7O5S2. The molecule has 4 heterocycles. The van der Waals surface area contributed by atoms with Crippen molar-refractivity contribution in [1.82, 2.24) is 24.2 Å². The van der Waals surface area contributed by atoms with Crippen LogP contribution < -0.4 is 19.9 Å². The van der Waals surface area contributed by atoms with Gasteiger partial charge in [-0.2, -0.15) is 18.4 Å². The number of hydrogen-bond acceptors (Lipinski definition) is 11. The molecule has 276 valence electrons. The standard InChI is InChI=1S/C35H31ClF3N7O5S2/c1-19-42-27-16-26(35(37,38)39)31(45-11-9-44(10-12-45)21-4-5-21)24(17-40)29(27)34(48)46(19)13-14-51-28-6-3-20(36)15-23(28)22-7-8-41-30-25(18-52-32(22)30)33(47)43-53(2,49)50/h3,6-8,15-16,18,21H,4-5,9-14H2,1-2H3,(H,43,47). The van der Waals surface area contributed by atoms with E-state index < -0.39 is 33.2 Å². The fraction of sp³-hybridized carbons (Fsp3) is 0.343. The van der Waals surface area contributed by atoms with Crippen molar-refractivity contribution >= 4 is 65.7 Å². The molecule has 7 rings (SSSR count). The third-order valence-corrected chi connectivity index (χ3v) is 11.1. The highest BCUT2D eigenvalue weighted by molar-refractivity contribution is 7.89. The number of fused-ring (bicyclic) bond motifs is 2. The molecule has 1 aliphatic heterocycles. The van der Waals surface area contributed by atoms with Crippen molar-refractivity contribution in [2.75, 3.05) is 43.9 Å². The average molecular weight is 786 g/mol. The summed E-state index contributed by atoms with van der Waals surface area (Å²) in [5.74, 6) is -0.329. The number of rotatable bonds is 9. The lowest BCUT2D eigenvalue weighted by Gasteiger charge is -2.37. The zero-order chi connectivity index (χ0) is 37.8. The Labute approximate surface area is 310 Å². The molecule has 2 fully saturated rings. The van der Waals surface area contributed by atoms with E-state index in [0.29, 0.717) is 45.7 Å². The highest BCUT2D eigenvalue weighted by Gasteiger charge is 2.40. The third-order valence-electron chi connectivity index (χ3n) is 9.30. The molecule has 1 N–H and O–H groups in total. The molecule has 2 aromatic carbocycles. The van der Waals surface area contributed by atoms with Gasteiger partial charge in [-0.05, 0) is 50.1 Å². The van der Waals surface area contributed by atoms with E-state index in [1.54, 1.807) is 29.2 Å². The summed E-state index contributed by atoms with van der Waals surface area (Å²) in [5.41, 5.74) is -1.05. The van der Waals surface area contributed by atoms with Crippen molar-refractivity contribution in [1.29, 1.82) is 5.26 Å². The van der Waals surface area contributed by atoms with Crippen LogP contribution in [0.1, 0.15) is 40.2 Å². The maximum atomic E-state index is 14.5. The first kappa shape index (κ1) is 36.6. The lowest BCUT2D eigenvalue weighted by Crippen LogP contribution is -2.48. The van der Waals surface area contributed by atoms with Crippen LogP contribution in [0.2, 0.25) is 5.02 Å². The summed E-state index contributed by atoms with van der Waals surface area (Å²) in [7, 11) is -3.82. The molecule has 18 heteroatoms. The van der Waals surface area contributed by atoms with E-state index in [9.17, 15) is 36.4 Å². The number of nitrogens with one attached hydrogen (secondary N) is 1. The Morgan fingerprint density at radius 1 is 1.15 bits per heavy atom. The molecular weight excluding hydrogens is 755 g/mol. The average Bonchev–Trinajstić information content (AvgIpc) is 3.86. The number of alkyl halides is 3. The van der Waals surface area contributed by atoms with Gasteiger partial charge in [0, 0.05) is 59.9 Å². The van der Waals surface area contributed by atoms with Crippen LogP contribution in [0.3, 0.4) is 0 Å². The first-order valence-electron chi connectivity index (χ1n) is 16.5. The molecule has 12 nitrogen and oxygen atoms in total. The first-order valence-corrected chi connectivity index (χ1v) is 19.6. The normalized spacial score (nSPS) is 15.5. The lowest BCUT2D eigenvalue weighted by molar-refractivity contribution is -0.137. The van der Waals surface area contributed by atoms with E-state index in [0.717, 1.165) is 25.2 Å². The topological polar surface area (TPSA) is 151 Å². The smallest absolute Gasteiger partial charge is 0.418 e. The van der Waals surface area contributed by atoms with Crippen molar-refractivity contribution in [2.45, 2.75) is 38.5 Å². The zero-order valence-electron chi connectivity index (χ0n) is 28.3. The Bertz CT molecular complexity index is 2500. The first-order chi connectivity index (χ1) is 25.1. The van der Waals surface area contributed by atoms with Crippen molar-refractivity contribution < 1.29 is 31.1 Å². The molecule has 0 spiro atoms. The lowest BCUT2D eigenvalue weighted by atomic mass is 10.00. The van der Waals surface area contributed by atoms with Gasteiger partial charge in [0.25, 0.3) is 11.5 Å². The molecule has 1 saturated carbocycles. The Kier molecular flexibility index (Phi) is 9.60. The van der Waals surface area contributed by atoms with Gasteiger partial charge < -0.3 is 9.64 Å². The summed E-state index contributed by atoms with van der Waals surface area (Å²) in [4.78, 5) is 39.2. The number of nitriles is 1. The van der Waals surface area contributed by atoms with Gasteiger partial charge in [0.2, 0.25) is 10.0 Å². The molecule has 1 amide bonds. The van der Waals surface area contributed by atoms with Crippen LogP contribution in [0, 0.1) is 18.3 Å². The van der Waals surface area contributed by atoms with E-state index in [1.807, 2.05) is 10.8 Å². The number of aryl methyl sites for hydroxylation is 1. The summed E-state index contributed by atoms with van der Waals surface area (Å²) in [5, 5.41) is 12.0. The van der Waals surface area contributed by atoms with Crippen LogP contribution in [0.5, 0.6) is 5.75 Å². The summed E-state index contributed by atoms with van der Waals surface area (Å²) < 4.78 is 76.8. The molecule has 0 atom stereocenters. The van der Waals surface area contributed by atoms with Crippen LogP contribution in [0.4, 0.5) is 18.9 Å². The van der Waals surface area contributed by atoms with Crippen molar-refractivity contribution in [3.63, 3.8) is 0 Å². The van der Waals surface area contributed by atoms with Crippen LogP contribution in [-0.2, 0) is 22.7 Å². The predicted octanol–water partition coefficient (Wildman–Crippen LogP) is 5.58. The summed E-state index contributed by atoms with van der Waals surface area (Å²) >= 11 is 7.56. The SMILES string of the molecule is Cc1nc2cc(C(F)(F)F)c(N3CCN(C4CC4)CC3)c(C#N)c2c(=O)n1CCOc1ccc(Cl)cc1-c1ccnc2c(C(=O)NS(C)(=O)=O)csc12. The number of ether oxygens (including phenoxy) is 1. The molecule has 53 heavy (non-hydrogen) atoms. The number of benzene rings is 2. The van der Waals surface area contributed by atoms with Gasteiger partial charge in [-0.1, -0.05) is 11.6 Å². The number of aromatic nitrogens is 3. The van der Waals surface area contributed by atoms with Crippen LogP contribution in [0.15, 0.2) is 46.7 Å². The minimum absolute atomic E-state index is 0.0580. The third kappa shape index (κ3) is 7.28. The van der Waals surface area contributed by atoms with E-state index >= 15 is 0 Å². The molecule has 0 unspecified atom stereocenters. The number of piperazine rings is 1. The van der Waals surface area contributed by atoms with E-state index in [1.165, 1.54) is 34.4 Å². The van der Waals surface area contributed by atoms with E-state index in [-0.39, 0.29) is 65.3 Å². The number of sulfonamides is 1. The summed E-state index contributed by atoms with van der Waals surface area (Å²) in [6, 6.07) is 9.82. The highest BCUT2D eigenvalue weighted by Crippen LogP contribution is 2.43. The quantitative estimate of drug-likeness (QED) is 0.201. The summed E-state index contributed by atoms with van der Waals surface area (Å²) in [6.07, 6.45) is -0.310. The number of carbonyl (C=O) groups is 1. The van der Waals surface area contributed by atoms with Gasteiger partial charge in [-0.25, -0.2) is 18.1 Å². The maximum absolute atomic E-state index is 14.5. The minimum Gasteiger partial charge on any atom is -0.491 e. The van der Waals surface area contributed by atoms with Crippen LogP contribution in [-0.4, -0.2) is 78.8 Å². The number of hydrogen-bond donors (Lipinski definition) is 1. The Hall–Kier alpha value is -4.76. The fourth-order valence-electron chi connectivity index (χ4n) is 6.76. The van der Waals surface area contributed by atoms with E-state index in [2.05, 4.69) is 14.9 Å². The molecule has 0 radical (unpaired) electrons. The maximum Gasteiger partial charge on any atom is 0.418 e. The molecule has 1 saturated heterocycles. The number of carbonyl (C=O) groups excluding carboxylic acids is 1. The summed E-state index contributed by atoms with van der Waals surface area (Å²) in [6.45, 7) is 3.05. The number of anilines is 1. The molecule has 2 aliphatic rings. The Morgan fingerprint density at radius 2 is 1.89 bits per heavy atom. The number of amides is 1. The number of halogens is 4. The second kappa shape index (κ2) is 13.9. The predicted molar refractivity (Wildman–Crippen MR) is 195 cm³/mol. The number of thiophene rings is 1. The molecule has 0 bridgehead atoms. The van der Waals surface area contributed by atoms with Crippen molar-refractivity contribution in [2.24, 2.45) is 0 Å². The largest absolute Gasteiger partial charge is 0.491 e. The van der Waals surface area contributed by atoms with Gasteiger partial charge >= 0.3 is 6.18 Å². The number of nitrogens with zero attached hydrogens (tertiary/aromatic N) is 6. The molecule has 5 aromatic rings. The molecule has 1 aliphatic carbocycles. The van der Waals surface area contributed by atoms with E-state index in [4.69, 9.17) is 16.3 Å². The van der Waals surface area contributed by atoms with Crippen molar-refractivity contribution in [3.05, 3.63) is 79.8 Å². The zero-order valence-corrected chi connectivity index (χ0v) is 30.7. The Balaban J connectivity index is 1.21. The van der Waals surface area contributed by atoms with Gasteiger partial charge in [-0.3, -0.25) is 24.0 Å². The monoisotopic (exact) mass is 785 g/mol. The fourth-order valence-corrected chi connectivity index (χ4v) is 8.41.